The molecule has 0 saturated carbocycles. The molecular formula is C24H32N6O. The number of phenols is 1. The van der Waals surface area contributed by atoms with Gasteiger partial charge in [-0.1, -0.05) is 6.07 Å². The standard InChI is InChI=1S/C24H32N6O/c1-15-14-25-22(26-15)16-7-8-18(20(31)11-16)19-9-10-21(28-27-19)30(6)17-12-23(2,3)29-24(4,5)13-17/h7-11,14,17,29,31H,12-13H2,1-6H3,(H,25,26). The van der Waals surface area contributed by atoms with Gasteiger partial charge < -0.3 is 20.3 Å². The highest BCUT2D eigenvalue weighted by molar-refractivity contribution is 5.72. The lowest BCUT2D eigenvalue weighted by molar-refractivity contribution is 0.160. The van der Waals surface area contributed by atoms with Crippen LogP contribution in [-0.2, 0) is 0 Å². The summed E-state index contributed by atoms with van der Waals surface area (Å²) >= 11 is 0. The molecule has 0 atom stereocenters. The molecule has 0 amide bonds. The van der Waals surface area contributed by atoms with Crippen molar-refractivity contribution in [2.45, 2.75) is 64.6 Å². The Bertz CT molecular complexity index is 1050. The molecular weight excluding hydrogens is 388 g/mol. The second kappa shape index (κ2) is 7.64. The molecule has 1 aromatic carbocycles. The number of phenolic OH excluding ortho intramolecular Hbond substituents is 1. The largest absolute Gasteiger partial charge is 0.507 e. The van der Waals surface area contributed by atoms with Crippen LogP contribution in [-0.4, -0.2) is 49.4 Å². The van der Waals surface area contributed by atoms with Crippen molar-refractivity contribution in [1.82, 2.24) is 25.5 Å². The van der Waals surface area contributed by atoms with Gasteiger partial charge in [0.2, 0.25) is 0 Å². The number of piperidine rings is 1. The average Bonchev–Trinajstić information content (AvgIpc) is 3.11. The number of anilines is 1. The van der Waals surface area contributed by atoms with Crippen LogP contribution in [0.1, 0.15) is 46.2 Å². The Morgan fingerprint density at radius 2 is 1.74 bits per heavy atom. The third kappa shape index (κ3) is 4.56. The number of H-pyrrole nitrogens is 1. The molecule has 0 aliphatic carbocycles. The summed E-state index contributed by atoms with van der Waals surface area (Å²) in [4.78, 5) is 9.73. The zero-order valence-electron chi connectivity index (χ0n) is 19.2. The molecule has 1 aliphatic rings. The van der Waals surface area contributed by atoms with E-state index in [9.17, 15) is 5.11 Å². The number of hydrogen-bond acceptors (Lipinski definition) is 6. The lowest BCUT2D eigenvalue weighted by atomic mass is 9.79. The molecule has 1 saturated heterocycles. The van der Waals surface area contributed by atoms with Crippen molar-refractivity contribution in [1.29, 1.82) is 0 Å². The third-order valence-electron chi connectivity index (χ3n) is 5.98. The molecule has 31 heavy (non-hydrogen) atoms. The number of benzene rings is 1. The summed E-state index contributed by atoms with van der Waals surface area (Å²) in [6.07, 6.45) is 3.83. The maximum Gasteiger partial charge on any atom is 0.151 e. The lowest BCUT2D eigenvalue weighted by Gasteiger charge is -2.49. The van der Waals surface area contributed by atoms with E-state index in [0.717, 1.165) is 35.7 Å². The van der Waals surface area contributed by atoms with Crippen molar-refractivity contribution < 1.29 is 5.11 Å². The van der Waals surface area contributed by atoms with Crippen LogP contribution in [0.2, 0.25) is 0 Å². The molecule has 3 aromatic rings. The minimum atomic E-state index is 0.0636. The van der Waals surface area contributed by atoms with E-state index in [4.69, 9.17) is 0 Å². The van der Waals surface area contributed by atoms with Gasteiger partial charge in [0, 0.05) is 47.2 Å². The van der Waals surface area contributed by atoms with E-state index in [0.29, 0.717) is 17.3 Å². The molecule has 0 bridgehead atoms. The first-order valence-electron chi connectivity index (χ1n) is 10.7. The van der Waals surface area contributed by atoms with Crippen molar-refractivity contribution in [3.05, 3.63) is 42.2 Å². The number of aryl methyl sites for hydroxylation is 1. The number of aromatic hydroxyl groups is 1. The Hall–Kier alpha value is -2.93. The van der Waals surface area contributed by atoms with E-state index < -0.39 is 0 Å². The maximum atomic E-state index is 10.6. The first-order valence-corrected chi connectivity index (χ1v) is 10.7. The summed E-state index contributed by atoms with van der Waals surface area (Å²) in [5, 5.41) is 23.2. The number of hydrogen-bond donors (Lipinski definition) is 3. The predicted molar refractivity (Wildman–Crippen MR) is 124 cm³/mol. The number of rotatable bonds is 4. The smallest absolute Gasteiger partial charge is 0.151 e. The quantitative estimate of drug-likeness (QED) is 0.583. The van der Waals surface area contributed by atoms with Crippen LogP contribution in [0.15, 0.2) is 36.5 Å². The number of aromatic nitrogens is 4. The number of nitrogens with one attached hydrogen (secondary N) is 2. The van der Waals surface area contributed by atoms with Crippen LogP contribution in [0.3, 0.4) is 0 Å². The molecule has 1 aliphatic heterocycles. The Morgan fingerprint density at radius 1 is 1.03 bits per heavy atom. The highest BCUT2D eigenvalue weighted by Gasteiger charge is 2.39. The van der Waals surface area contributed by atoms with E-state index in [1.807, 2.05) is 31.2 Å². The second-order valence-corrected chi connectivity index (χ2v) is 9.99. The fraction of sp³-hybridized carbons (Fsp3) is 0.458. The molecule has 0 radical (unpaired) electrons. The predicted octanol–water partition coefficient (Wildman–Crippen LogP) is 4.29. The van der Waals surface area contributed by atoms with Crippen molar-refractivity contribution in [2.75, 3.05) is 11.9 Å². The average molecular weight is 421 g/mol. The first kappa shape index (κ1) is 21.3. The Labute approximate surface area is 183 Å². The van der Waals surface area contributed by atoms with Gasteiger partial charge in [-0.2, -0.15) is 0 Å². The number of nitrogens with zero attached hydrogens (tertiary/aromatic N) is 4. The SMILES string of the molecule is Cc1cnc(-c2ccc(-c3ccc(N(C)C4CC(C)(C)NC(C)(C)C4)nn3)c(O)c2)[nH]1. The summed E-state index contributed by atoms with van der Waals surface area (Å²) in [6, 6.07) is 9.75. The van der Waals surface area contributed by atoms with Crippen molar-refractivity contribution in [3.8, 4) is 28.4 Å². The maximum absolute atomic E-state index is 10.6. The van der Waals surface area contributed by atoms with E-state index in [-0.39, 0.29) is 16.8 Å². The molecule has 0 spiro atoms. The summed E-state index contributed by atoms with van der Waals surface area (Å²) < 4.78 is 0. The summed E-state index contributed by atoms with van der Waals surface area (Å²) in [5.41, 5.74) is 3.22. The first-order chi connectivity index (χ1) is 14.5. The number of imidazole rings is 1. The van der Waals surface area contributed by atoms with Crippen molar-refractivity contribution >= 4 is 5.82 Å². The normalized spacial score (nSPS) is 18.1. The van der Waals surface area contributed by atoms with E-state index in [1.165, 1.54) is 0 Å². The fourth-order valence-electron chi connectivity index (χ4n) is 4.84. The molecule has 7 heteroatoms. The van der Waals surface area contributed by atoms with Crippen molar-refractivity contribution in [3.63, 3.8) is 0 Å². The second-order valence-electron chi connectivity index (χ2n) is 9.99. The highest BCUT2D eigenvalue weighted by Crippen LogP contribution is 2.34. The van der Waals surface area contributed by atoms with Gasteiger partial charge in [-0.3, -0.25) is 0 Å². The molecule has 0 unspecified atom stereocenters. The van der Waals surface area contributed by atoms with Gasteiger partial charge >= 0.3 is 0 Å². The molecule has 4 rings (SSSR count). The van der Waals surface area contributed by atoms with Crippen LogP contribution in [0.5, 0.6) is 5.75 Å². The topological polar surface area (TPSA) is 90.0 Å². The zero-order chi connectivity index (χ0) is 22.4. The molecule has 2 aromatic heterocycles. The van der Waals surface area contributed by atoms with Crippen LogP contribution in [0.4, 0.5) is 5.82 Å². The van der Waals surface area contributed by atoms with Crippen molar-refractivity contribution in [2.24, 2.45) is 0 Å². The molecule has 3 N–H and O–H groups in total. The van der Waals surface area contributed by atoms with Crippen LogP contribution >= 0.6 is 0 Å². The van der Waals surface area contributed by atoms with E-state index in [1.54, 1.807) is 12.3 Å². The van der Waals surface area contributed by atoms with Gasteiger partial charge in [-0.05, 0) is 71.7 Å². The van der Waals surface area contributed by atoms with Crippen LogP contribution in [0.25, 0.3) is 22.6 Å². The third-order valence-corrected chi connectivity index (χ3v) is 5.98. The summed E-state index contributed by atoms with van der Waals surface area (Å²) in [7, 11) is 2.09. The van der Waals surface area contributed by atoms with Gasteiger partial charge in [-0.25, -0.2) is 4.98 Å². The minimum Gasteiger partial charge on any atom is -0.507 e. The Morgan fingerprint density at radius 3 is 2.29 bits per heavy atom. The molecule has 164 valence electrons. The van der Waals surface area contributed by atoms with Gasteiger partial charge in [0.15, 0.2) is 5.82 Å². The molecule has 1 fully saturated rings. The minimum absolute atomic E-state index is 0.0636. The van der Waals surface area contributed by atoms with E-state index >= 15 is 0 Å². The lowest BCUT2D eigenvalue weighted by Crippen LogP contribution is -2.62. The van der Waals surface area contributed by atoms with Gasteiger partial charge in [0.1, 0.15) is 11.6 Å². The summed E-state index contributed by atoms with van der Waals surface area (Å²) in [5.74, 6) is 1.73. The summed E-state index contributed by atoms with van der Waals surface area (Å²) in [6.45, 7) is 10.9. The molecule has 3 heterocycles. The fourth-order valence-corrected chi connectivity index (χ4v) is 4.84. The van der Waals surface area contributed by atoms with Crippen LogP contribution in [0, 0.1) is 6.92 Å². The van der Waals surface area contributed by atoms with E-state index in [2.05, 4.69) is 65.1 Å². The monoisotopic (exact) mass is 420 g/mol. The van der Waals surface area contributed by atoms with Crippen LogP contribution < -0.4 is 10.2 Å². The zero-order valence-corrected chi connectivity index (χ0v) is 19.2. The van der Waals surface area contributed by atoms with Gasteiger partial charge in [0.05, 0.1) is 5.69 Å². The molecule has 7 nitrogen and oxygen atoms in total. The Balaban J connectivity index is 1.54. The van der Waals surface area contributed by atoms with Gasteiger partial charge in [-0.15, -0.1) is 10.2 Å². The number of aromatic amines is 1. The van der Waals surface area contributed by atoms with Gasteiger partial charge in [0.25, 0.3) is 0 Å². The highest BCUT2D eigenvalue weighted by atomic mass is 16.3. The Kier molecular flexibility index (Phi) is 5.25.